The van der Waals surface area contributed by atoms with Gasteiger partial charge in [-0.05, 0) is 0 Å². The lowest BCUT2D eigenvalue weighted by Gasteiger charge is -2.11. The Kier molecular flexibility index (Phi) is 6.52. The van der Waals surface area contributed by atoms with Gasteiger partial charge in [0.2, 0.25) is 0 Å². The molecule has 0 saturated heterocycles. The Morgan fingerprint density at radius 2 is 2.15 bits per heavy atom. The monoisotopic (exact) mass is 226 g/mol. The van der Waals surface area contributed by atoms with Gasteiger partial charge < -0.3 is 15.7 Å². The minimum atomic E-state index is -1.11. The van der Waals surface area contributed by atoms with E-state index < -0.39 is 18.0 Å². The van der Waals surface area contributed by atoms with Crippen molar-refractivity contribution in [2.75, 3.05) is 18.2 Å². The molecule has 0 heterocycles. The zero-order valence-electron chi connectivity index (χ0n) is 6.79. The Bertz CT molecular complexity index is 191. The fourth-order valence-electron chi connectivity index (χ4n) is 0.556. The van der Waals surface area contributed by atoms with Gasteiger partial charge in [0.15, 0.2) is 0 Å². The summed E-state index contributed by atoms with van der Waals surface area (Å²) < 4.78 is 0. The molecule has 0 bridgehead atoms. The molecule has 0 aromatic rings. The number of halogens is 1. The molecular formula is C6H11ClN2O3S. The summed E-state index contributed by atoms with van der Waals surface area (Å²) in [5.41, 5.74) is 0. The molecular weight excluding hydrogens is 216 g/mol. The molecule has 0 radical (unpaired) electrons. The molecule has 13 heavy (non-hydrogen) atoms. The zero-order valence-corrected chi connectivity index (χ0v) is 8.44. The number of carbonyl (C=O) groups is 2. The molecule has 0 fully saturated rings. The topological polar surface area (TPSA) is 78.4 Å². The predicted molar refractivity (Wildman–Crippen MR) is 52.5 cm³/mol. The Morgan fingerprint density at radius 3 is 2.54 bits per heavy atom. The highest BCUT2D eigenvalue weighted by molar-refractivity contribution is 7.80. The second kappa shape index (κ2) is 6.85. The average Bonchev–Trinajstić information content (AvgIpc) is 2.10. The number of carbonyl (C=O) groups excluding carboxylic acids is 1. The SMILES string of the molecule is O=C(NCCCl)N[C@@H](CS)C(=O)O. The summed E-state index contributed by atoms with van der Waals surface area (Å²) in [7, 11) is 0. The van der Waals surface area contributed by atoms with Crippen molar-refractivity contribution in [1.29, 1.82) is 0 Å². The van der Waals surface area contributed by atoms with E-state index in [9.17, 15) is 9.59 Å². The van der Waals surface area contributed by atoms with Crippen LogP contribution in [0, 0.1) is 0 Å². The van der Waals surface area contributed by atoms with Crippen LogP contribution in [0.5, 0.6) is 0 Å². The van der Waals surface area contributed by atoms with Crippen molar-refractivity contribution in [2.24, 2.45) is 0 Å². The molecule has 3 N–H and O–H groups in total. The summed E-state index contributed by atoms with van der Waals surface area (Å²) in [5, 5.41) is 13.1. The highest BCUT2D eigenvalue weighted by Crippen LogP contribution is 1.87. The summed E-state index contributed by atoms with van der Waals surface area (Å²) in [6.07, 6.45) is 0. The van der Waals surface area contributed by atoms with E-state index in [-0.39, 0.29) is 11.6 Å². The van der Waals surface area contributed by atoms with Gasteiger partial charge in [0.05, 0.1) is 0 Å². The molecule has 5 nitrogen and oxygen atoms in total. The van der Waals surface area contributed by atoms with Crippen molar-refractivity contribution >= 4 is 36.2 Å². The first-order chi connectivity index (χ1) is 6.11. The van der Waals surface area contributed by atoms with Gasteiger partial charge in [-0.1, -0.05) is 0 Å². The highest BCUT2D eigenvalue weighted by atomic mass is 35.5. The molecule has 0 aliphatic carbocycles. The molecule has 0 aromatic carbocycles. The van der Waals surface area contributed by atoms with E-state index in [0.717, 1.165) is 0 Å². The van der Waals surface area contributed by atoms with Crippen molar-refractivity contribution in [1.82, 2.24) is 10.6 Å². The fourth-order valence-corrected chi connectivity index (χ4v) is 0.897. The van der Waals surface area contributed by atoms with Crippen molar-refractivity contribution in [2.45, 2.75) is 6.04 Å². The number of thiol groups is 1. The van der Waals surface area contributed by atoms with E-state index >= 15 is 0 Å². The summed E-state index contributed by atoms with van der Waals surface area (Å²) in [6, 6.07) is -1.53. The summed E-state index contributed by atoms with van der Waals surface area (Å²) >= 11 is 9.08. The number of hydrogen-bond donors (Lipinski definition) is 4. The first-order valence-corrected chi connectivity index (χ1v) is 4.72. The molecule has 76 valence electrons. The fraction of sp³-hybridized carbons (Fsp3) is 0.667. The summed E-state index contributed by atoms with van der Waals surface area (Å²) in [4.78, 5) is 21.3. The maximum atomic E-state index is 10.9. The largest absolute Gasteiger partial charge is 0.480 e. The van der Waals surface area contributed by atoms with Crippen LogP contribution < -0.4 is 10.6 Å². The number of carboxylic acid groups (broad SMARTS) is 1. The normalized spacial score (nSPS) is 11.8. The van der Waals surface area contributed by atoms with Crippen LogP contribution in [0.1, 0.15) is 0 Å². The Labute approximate surface area is 86.2 Å². The maximum absolute atomic E-state index is 10.9. The molecule has 0 aliphatic heterocycles. The standard InChI is InChI=1S/C6H11ClN2O3S/c7-1-2-8-6(12)9-4(3-13)5(10)11/h4,13H,1-3H2,(H,10,11)(H2,8,9,12)/t4-/m0/s1. The first-order valence-electron chi connectivity index (χ1n) is 3.55. The molecule has 0 aliphatic rings. The third kappa shape index (κ3) is 5.59. The van der Waals surface area contributed by atoms with Crippen LogP contribution in [0.15, 0.2) is 0 Å². The van der Waals surface area contributed by atoms with Gasteiger partial charge in [-0.15, -0.1) is 11.6 Å². The molecule has 0 spiro atoms. The van der Waals surface area contributed by atoms with Gasteiger partial charge in [0, 0.05) is 18.2 Å². The number of rotatable bonds is 5. The number of alkyl halides is 1. The van der Waals surface area contributed by atoms with Crippen LogP contribution in [-0.2, 0) is 4.79 Å². The van der Waals surface area contributed by atoms with Crippen LogP contribution in [-0.4, -0.2) is 41.3 Å². The molecule has 0 saturated carbocycles. The second-order valence-electron chi connectivity index (χ2n) is 2.16. The van der Waals surface area contributed by atoms with Crippen LogP contribution in [0.25, 0.3) is 0 Å². The van der Waals surface area contributed by atoms with E-state index in [0.29, 0.717) is 6.54 Å². The highest BCUT2D eigenvalue weighted by Gasteiger charge is 2.17. The summed E-state index contributed by atoms with van der Waals surface area (Å²) in [5.74, 6) is -0.786. The van der Waals surface area contributed by atoms with E-state index in [1.807, 2.05) is 0 Å². The smallest absolute Gasteiger partial charge is 0.327 e. The van der Waals surface area contributed by atoms with Gasteiger partial charge in [-0.2, -0.15) is 12.6 Å². The van der Waals surface area contributed by atoms with Gasteiger partial charge in [0.1, 0.15) is 6.04 Å². The minimum absolute atomic E-state index is 0.0453. The van der Waals surface area contributed by atoms with E-state index in [1.165, 1.54) is 0 Å². The quantitative estimate of drug-likeness (QED) is 0.391. The third-order valence-corrected chi connectivity index (χ3v) is 1.72. The Balaban J connectivity index is 3.80. The second-order valence-corrected chi connectivity index (χ2v) is 2.91. The number of nitrogens with one attached hydrogen (secondary N) is 2. The molecule has 2 amide bonds. The molecule has 1 atom stereocenters. The van der Waals surface area contributed by atoms with Crippen molar-refractivity contribution < 1.29 is 14.7 Å². The Hall–Kier alpha value is -0.620. The number of aliphatic carboxylic acids is 1. The number of hydrogen-bond acceptors (Lipinski definition) is 3. The first kappa shape index (κ1) is 12.4. The maximum Gasteiger partial charge on any atom is 0.327 e. The van der Waals surface area contributed by atoms with Crippen molar-refractivity contribution in [3.63, 3.8) is 0 Å². The minimum Gasteiger partial charge on any atom is -0.480 e. The third-order valence-electron chi connectivity index (χ3n) is 1.17. The van der Waals surface area contributed by atoms with Gasteiger partial charge in [0.25, 0.3) is 0 Å². The lowest BCUT2D eigenvalue weighted by Crippen LogP contribution is -2.47. The van der Waals surface area contributed by atoms with Crippen LogP contribution in [0.2, 0.25) is 0 Å². The molecule has 0 unspecified atom stereocenters. The lowest BCUT2D eigenvalue weighted by molar-refractivity contribution is -0.138. The van der Waals surface area contributed by atoms with Gasteiger partial charge in [-0.25, -0.2) is 9.59 Å². The number of urea groups is 1. The van der Waals surface area contributed by atoms with Crippen LogP contribution in [0.4, 0.5) is 4.79 Å². The van der Waals surface area contributed by atoms with E-state index in [1.54, 1.807) is 0 Å². The predicted octanol–water partition coefficient (Wildman–Crippen LogP) is -0.0926. The zero-order chi connectivity index (χ0) is 10.3. The van der Waals surface area contributed by atoms with Crippen LogP contribution in [0.3, 0.4) is 0 Å². The summed E-state index contributed by atoms with van der Waals surface area (Å²) in [6.45, 7) is 0.298. The molecule has 7 heteroatoms. The number of amides is 2. The van der Waals surface area contributed by atoms with Crippen molar-refractivity contribution in [3.8, 4) is 0 Å². The van der Waals surface area contributed by atoms with E-state index in [4.69, 9.17) is 16.7 Å². The van der Waals surface area contributed by atoms with E-state index in [2.05, 4.69) is 23.3 Å². The molecule has 0 rings (SSSR count). The average molecular weight is 227 g/mol. The Morgan fingerprint density at radius 1 is 1.54 bits per heavy atom. The van der Waals surface area contributed by atoms with Crippen LogP contribution >= 0.6 is 24.2 Å². The van der Waals surface area contributed by atoms with Gasteiger partial charge >= 0.3 is 12.0 Å². The van der Waals surface area contributed by atoms with Gasteiger partial charge in [-0.3, -0.25) is 0 Å². The number of carboxylic acids is 1. The van der Waals surface area contributed by atoms with Crippen molar-refractivity contribution in [3.05, 3.63) is 0 Å². The lowest BCUT2D eigenvalue weighted by atomic mass is 10.3. The molecule has 0 aromatic heterocycles.